The van der Waals surface area contributed by atoms with Crippen molar-refractivity contribution in [3.8, 4) is 0 Å². The van der Waals surface area contributed by atoms with Crippen LogP contribution in [0.1, 0.15) is 11.0 Å². The molecule has 2 heterocycles. The van der Waals surface area contributed by atoms with Crippen molar-refractivity contribution in [2.45, 2.75) is 6.04 Å². The van der Waals surface area contributed by atoms with Crippen molar-refractivity contribution in [1.29, 1.82) is 0 Å². The summed E-state index contributed by atoms with van der Waals surface area (Å²) < 4.78 is 0. The van der Waals surface area contributed by atoms with E-state index >= 15 is 0 Å². The summed E-state index contributed by atoms with van der Waals surface area (Å²) in [5.74, 6) is 0. The Kier molecular flexibility index (Phi) is 3.94. The van der Waals surface area contributed by atoms with Gasteiger partial charge in [-0.1, -0.05) is 0 Å². The number of nitrogens with zero attached hydrogens (tertiary/aromatic N) is 1. The lowest BCUT2D eigenvalue weighted by molar-refractivity contribution is 0.429. The molecular formula is C7H12ClN3S. The topological polar surface area (TPSA) is 37.0 Å². The van der Waals surface area contributed by atoms with E-state index in [-0.39, 0.29) is 12.4 Å². The molecule has 2 rings (SSSR count). The van der Waals surface area contributed by atoms with Gasteiger partial charge in [0.05, 0.1) is 6.04 Å². The third-order valence-electron chi connectivity index (χ3n) is 1.79. The van der Waals surface area contributed by atoms with Crippen molar-refractivity contribution in [2.24, 2.45) is 0 Å². The summed E-state index contributed by atoms with van der Waals surface area (Å²) in [6, 6.07) is 0.434. The highest BCUT2D eigenvalue weighted by atomic mass is 35.5. The van der Waals surface area contributed by atoms with Gasteiger partial charge < -0.3 is 10.6 Å². The molecule has 0 bridgehead atoms. The maximum absolute atomic E-state index is 4.26. The van der Waals surface area contributed by atoms with Gasteiger partial charge in [0.2, 0.25) is 0 Å². The number of hydrogen-bond acceptors (Lipinski definition) is 4. The number of thiazole rings is 1. The SMILES string of the molecule is Cl.c1csc(C2CNCCN2)n1. The highest BCUT2D eigenvalue weighted by molar-refractivity contribution is 7.09. The standard InChI is InChI=1S/C7H11N3S.ClH/c1-2-9-6(5-8-1)7-10-3-4-11-7;/h3-4,6,8-9H,1-2,5H2;1H. The Balaban J connectivity index is 0.000000720. The van der Waals surface area contributed by atoms with E-state index in [2.05, 4.69) is 15.6 Å². The molecule has 0 spiro atoms. The van der Waals surface area contributed by atoms with Crippen molar-refractivity contribution in [3.05, 3.63) is 16.6 Å². The van der Waals surface area contributed by atoms with Crippen LogP contribution in [0, 0.1) is 0 Å². The molecule has 0 radical (unpaired) electrons. The average molecular weight is 206 g/mol. The van der Waals surface area contributed by atoms with Crippen molar-refractivity contribution in [3.63, 3.8) is 0 Å². The highest BCUT2D eigenvalue weighted by Gasteiger charge is 2.15. The third-order valence-corrected chi connectivity index (χ3v) is 2.68. The Labute approximate surface area is 82.0 Å². The van der Waals surface area contributed by atoms with Gasteiger partial charge in [-0.25, -0.2) is 4.98 Å². The summed E-state index contributed by atoms with van der Waals surface area (Å²) in [6.45, 7) is 3.12. The lowest BCUT2D eigenvalue weighted by Crippen LogP contribution is -2.42. The number of hydrogen-bond donors (Lipinski definition) is 2. The molecule has 1 atom stereocenters. The Bertz CT molecular complexity index is 208. The molecule has 5 heteroatoms. The zero-order valence-corrected chi connectivity index (χ0v) is 8.25. The van der Waals surface area contributed by atoms with Crippen LogP contribution in [0.3, 0.4) is 0 Å². The third kappa shape index (κ3) is 2.17. The van der Waals surface area contributed by atoms with Crippen LogP contribution in [0.4, 0.5) is 0 Å². The summed E-state index contributed by atoms with van der Waals surface area (Å²) >= 11 is 1.72. The van der Waals surface area contributed by atoms with Crippen LogP contribution in [-0.2, 0) is 0 Å². The molecule has 1 unspecified atom stereocenters. The highest BCUT2D eigenvalue weighted by Crippen LogP contribution is 2.15. The van der Waals surface area contributed by atoms with Gasteiger partial charge in [-0.05, 0) is 0 Å². The summed E-state index contributed by atoms with van der Waals surface area (Å²) in [4.78, 5) is 4.26. The van der Waals surface area contributed by atoms with E-state index in [0.29, 0.717) is 6.04 Å². The van der Waals surface area contributed by atoms with E-state index in [1.54, 1.807) is 11.3 Å². The van der Waals surface area contributed by atoms with Crippen LogP contribution < -0.4 is 10.6 Å². The Hall–Kier alpha value is -0.160. The number of halogens is 1. The quantitative estimate of drug-likeness (QED) is 0.712. The van der Waals surface area contributed by atoms with E-state index in [0.717, 1.165) is 19.6 Å². The van der Waals surface area contributed by atoms with Crippen molar-refractivity contribution in [1.82, 2.24) is 15.6 Å². The summed E-state index contributed by atoms with van der Waals surface area (Å²) in [7, 11) is 0. The Morgan fingerprint density at radius 1 is 1.50 bits per heavy atom. The molecule has 0 saturated carbocycles. The molecule has 0 aromatic carbocycles. The first-order valence-corrected chi connectivity index (χ1v) is 4.68. The van der Waals surface area contributed by atoms with E-state index in [4.69, 9.17) is 0 Å². The number of nitrogens with one attached hydrogen (secondary N) is 2. The van der Waals surface area contributed by atoms with Gasteiger partial charge >= 0.3 is 0 Å². The Morgan fingerprint density at radius 3 is 3.00 bits per heavy atom. The fourth-order valence-corrected chi connectivity index (χ4v) is 1.95. The van der Waals surface area contributed by atoms with E-state index in [1.165, 1.54) is 5.01 Å². The normalized spacial score (nSPS) is 23.2. The van der Waals surface area contributed by atoms with E-state index < -0.39 is 0 Å². The van der Waals surface area contributed by atoms with Crippen LogP contribution in [0.2, 0.25) is 0 Å². The largest absolute Gasteiger partial charge is 0.313 e. The second kappa shape index (κ2) is 4.77. The second-order valence-electron chi connectivity index (χ2n) is 2.58. The second-order valence-corrected chi connectivity index (χ2v) is 3.51. The van der Waals surface area contributed by atoms with Crippen LogP contribution in [-0.4, -0.2) is 24.6 Å². The van der Waals surface area contributed by atoms with Gasteiger partial charge in [-0.2, -0.15) is 0 Å². The van der Waals surface area contributed by atoms with E-state index in [9.17, 15) is 0 Å². The maximum atomic E-state index is 4.26. The summed E-state index contributed by atoms with van der Waals surface area (Å²) in [5.41, 5.74) is 0. The molecule has 1 aliphatic rings. The van der Waals surface area contributed by atoms with Gasteiger partial charge in [0.1, 0.15) is 5.01 Å². The molecule has 0 aliphatic carbocycles. The number of rotatable bonds is 1. The molecule has 2 N–H and O–H groups in total. The molecular weight excluding hydrogens is 194 g/mol. The van der Waals surface area contributed by atoms with Gasteiger partial charge in [-0.3, -0.25) is 0 Å². The monoisotopic (exact) mass is 205 g/mol. The number of aromatic nitrogens is 1. The molecule has 3 nitrogen and oxygen atoms in total. The molecule has 0 amide bonds. The van der Waals surface area contributed by atoms with E-state index in [1.807, 2.05) is 11.6 Å². The predicted molar refractivity (Wildman–Crippen MR) is 53.0 cm³/mol. The van der Waals surface area contributed by atoms with Gasteiger partial charge in [0.25, 0.3) is 0 Å². The molecule has 1 aromatic rings. The fraction of sp³-hybridized carbons (Fsp3) is 0.571. The lowest BCUT2D eigenvalue weighted by atomic mass is 10.2. The minimum Gasteiger partial charge on any atom is -0.313 e. The molecule has 1 aromatic heterocycles. The Morgan fingerprint density at radius 2 is 2.42 bits per heavy atom. The minimum absolute atomic E-state index is 0. The van der Waals surface area contributed by atoms with Crippen LogP contribution >= 0.6 is 23.7 Å². The molecule has 1 saturated heterocycles. The van der Waals surface area contributed by atoms with Crippen molar-refractivity contribution < 1.29 is 0 Å². The van der Waals surface area contributed by atoms with Crippen LogP contribution in [0.15, 0.2) is 11.6 Å². The maximum Gasteiger partial charge on any atom is 0.111 e. The fourth-order valence-electron chi connectivity index (χ4n) is 1.23. The first kappa shape index (κ1) is 9.92. The van der Waals surface area contributed by atoms with Gasteiger partial charge in [0.15, 0.2) is 0 Å². The van der Waals surface area contributed by atoms with Crippen molar-refractivity contribution >= 4 is 23.7 Å². The first-order valence-electron chi connectivity index (χ1n) is 3.80. The summed E-state index contributed by atoms with van der Waals surface area (Å²) in [5, 5.41) is 9.95. The smallest absolute Gasteiger partial charge is 0.111 e. The summed E-state index contributed by atoms with van der Waals surface area (Å²) in [6.07, 6.45) is 1.86. The lowest BCUT2D eigenvalue weighted by Gasteiger charge is -2.22. The molecule has 68 valence electrons. The molecule has 1 fully saturated rings. The van der Waals surface area contributed by atoms with Crippen molar-refractivity contribution in [2.75, 3.05) is 19.6 Å². The zero-order chi connectivity index (χ0) is 7.52. The van der Waals surface area contributed by atoms with Gasteiger partial charge in [0, 0.05) is 31.2 Å². The predicted octanol–water partition coefficient (Wildman–Crippen LogP) is 0.799. The molecule has 1 aliphatic heterocycles. The first-order chi connectivity index (χ1) is 5.47. The zero-order valence-electron chi connectivity index (χ0n) is 6.62. The van der Waals surface area contributed by atoms with Gasteiger partial charge in [-0.15, -0.1) is 23.7 Å². The van der Waals surface area contributed by atoms with Crippen LogP contribution in [0.5, 0.6) is 0 Å². The average Bonchev–Trinajstić information content (AvgIpc) is 2.58. The minimum atomic E-state index is 0. The molecule has 12 heavy (non-hydrogen) atoms. The van der Waals surface area contributed by atoms with Crippen LogP contribution in [0.25, 0.3) is 0 Å². The number of piperazine rings is 1.